The molecule has 1 aromatic heterocycles. The fourth-order valence-electron chi connectivity index (χ4n) is 3.55. The first kappa shape index (κ1) is 21.9. The Labute approximate surface area is 186 Å². The maximum Gasteiger partial charge on any atom is 0.416 e. The number of anilines is 1. The second-order valence-electron chi connectivity index (χ2n) is 7.50. The van der Waals surface area contributed by atoms with E-state index < -0.39 is 29.6 Å². The van der Waals surface area contributed by atoms with Gasteiger partial charge >= 0.3 is 6.18 Å². The van der Waals surface area contributed by atoms with Crippen molar-refractivity contribution in [2.24, 2.45) is 0 Å². The van der Waals surface area contributed by atoms with Crippen LogP contribution in [0.5, 0.6) is 0 Å². The van der Waals surface area contributed by atoms with E-state index in [9.17, 15) is 22.8 Å². The van der Waals surface area contributed by atoms with Crippen LogP contribution >= 0.6 is 11.3 Å². The summed E-state index contributed by atoms with van der Waals surface area (Å²) in [7, 11) is 0. The Kier molecular flexibility index (Phi) is 5.96. The van der Waals surface area contributed by atoms with Crippen LogP contribution in [0.25, 0.3) is 10.6 Å². The standard InChI is InChI=1S/C22H19F3N4O2S/c1-13-7-9-14(10-8-13)19-27-28-21(32-19)26-18(30)17-6-3-11-29(17)20(31)15-4-2-5-16(12-15)22(23,24)25/h2,4-5,7-10,12,17H,3,6,11H2,1H3,(H,26,28,30). The third kappa shape index (κ3) is 4.64. The van der Waals surface area contributed by atoms with E-state index in [4.69, 9.17) is 0 Å². The molecule has 1 N–H and O–H groups in total. The van der Waals surface area contributed by atoms with Gasteiger partial charge in [0.15, 0.2) is 0 Å². The van der Waals surface area contributed by atoms with Crippen LogP contribution in [0.15, 0.2) is 48.5 Å². The third-order valence-electron chi connectivity index (χ3n) is 5.21. The Balaban J connectivity index is 1.47. The lowest BCUT2D eigenvalue weighted by molar-refractivity contribution is -0.137. The Morgan fingerprint density at radius 3 is 2.59 bits per heavy atom. The van der Waals surface area contributed by atoms with Crippen molar-refractivity contribution < 1.29 is 22.8 Å². The molecule has 10 heteroatoms. The van der Waals surface area contributed by atoms with Gasteiger partial charge in [0, 0.05) is 17.7 Å². The van der Waals surface area contributed by atoms with Crippen LogP contribution in [0.2, 0.25) is 0 Å². The third-order valence-corrected chi connectivity index (χ3v) is 6.09. The Bertz CT molecular complexity index is 1140. The summed E-state index contributed by atoms with van der Waals surface area (Å²) in [6, 6.07) is 11.2. The first-order valence-corrected chi connectivity index (χ1v) is 10.7. The molecule has 1 aliphatic heterocycles. The number of likely N-dealkylation sites (tertiary alicyclic amines) is 1. The normalized spacial score (nSPS) is 16.2. The number of nitrogens with one attached hydrogen (secondary N) is 1. The second kappa shape index (κ2) is 8.70. The summed E-state index contributed by atoms with van der Waals surface area (Å²) in [5.41, 5.74) is 0.979. The van der Waals surface area contributed by atoms with Crippen molar-refractivity contribution in [1.82, 2.24) is 15.1 Å². The highest BCUT2D eigenvalue weighted by Gasteiger charge is 2.36. The van der Waals surface area contributed by atoms with Gasteiger partial charge < -0.3 is 4.90 Å². The molecule has 6 nitrogen and oxygen atoms in total. The summed E-state index contributed by atoms with van der Waals surface area (Å²) in [5.74, 6) is -1.04. The van der Waals surface area contributed by atoms with Gasteiger partial charge in [-0.3, -0.25) is 14.9 Å². The van der Waals surface area contributed by atoms with Crippen molar-refractivity contribution in [2.75, 3.05) is 11.9 Å². The van der Waals surface area contributed by atoms with Gasteiger partial charge in [0.25, 0.3) is 5.91 Å². The number of benzene rings is 2. The summed E-state index contributed by atoms with van der Waals surface area (Å²) in [6.45, 7) is 2.27. The molecule has 0 saturated carbocycles. The fraction of sp³-hybridized carbons (Fsp3) is 0.273. The lowest BCUT2D eigenvalue weighted by atomic mass is 10.1. The molecule has 1 fully saturated rings. The number of aryl methyl sites for hydroxylation is 1. The largest absolute Gasteiger partial charge is 0.416 e. The number of amides is 2. The summed E-state index contributed by atoms with van der Waals surface area (Å²) < 4.78 is 39.0. The average Bonchev–Trinajstić information content (AvgIpc) is 3.43. The highest BCUT2D eigenvalue weighted by atomic mass is 32.1. The summed E-state index contributed by atoms with van der Waals surface area (Å²) >= 11 is 1.21. The number of alkyl halides is 3. The molecule has 166 valence electrons. The van der Waals surface area contributed by atoms with Crippen LogP contribution in [0, 0.1) is 6.92 Å². The van der Waals surface area contributed by atoms with Crippen LogP contribution < -0.4 is 5.32 Å². The molecule has 0 spiro atoms. The average molecular weight is 460 g/mol. The monoisotopic (exact) mass is 460 g/mol. The number of aromatic nitrogens is 2. The zero-order valence-corrected chi connectivity index (χ0v) is 17.8. The molecule has 3 aromatic rings. The topological polar surface area (TPSA) is 75.2 Å². The highest BCUT2D eigenvalue weighted by molar-refractivity contribution is 7.18. The van der Waals surface area contributed by atoms with Crippen LogP contribution in [0.4, 0.5) is 18.3 Å². The summed E-state index contributed by atoms with van der Waals surface area (Å²) in [6.07, 6.45) is -3.56. The van der Waals surface area contributed by atoms with Gasteiger partial charge in [-0.25, -0.2) is 0 Å². The van der Waals surface area contributed by atoms with Gasteiger partial charge in [0.1, 0.15) is 11.0 Å². The number of carbonyl (C=O) groups excluding carboxylic acids is 2. The van der Waals surface area contributed by atoms with E-state index in [0.29, 0.717) is 23.0 Å². The summed E-state index contributed by atoms with van der Waals surface area (Å²) in [4.78, 5) is 27.0. The minimum atomic E-state index is -4.55. The zero-order chi connectivity index (χ0) is 22.9. The van der Waals surface area contributed by atoms with E-state index >= 15 is 0 Å². The van der Waals surface area contributed by atoms with Gasteiger partial charge in [-0.2, -0.15) is 13.2 Å². The van der Waals surface area contributed by atoms with Gasteiger partial charge in [0.2, 0.25) is 11.0 Å². The zero-order valence-electron chi connectivity index (χ0n) is 17.0. The number of hydrogen-bond acceptors (Lipinski definition) is 5. The Hall–Kier alpha value is -3.27. The second-order valence-corrected chi connectivity index (χ2v) is 8.48. The van der Waals surface area contributed by atoms with E-state index in [1.54, 1.807) is 0 Å². The minimum Gasteiger partial charge on any atom is -0.327 e. The molecule has 1 aliphatic rings. The smallest absolute Gasteiger partial charge is 0.327 e. The Morgan fingerprint density at radius 2 is 1.88 bits per heavy atom. The van der Waals surface area contributed by atoms with Crippen LogP contribution in [-0.4, -0.2) is 39.5 Å². The SMILES string of the molecule is Cc1ccc(-c2nnc(NC(=O)C3CCCN3C(=O)c3cccc(C(F)(F)F)c3)s2)cc1. The van der Waals surface area contributed by atoms with Crippen LogP contribution in [0.1, 0.15) is 34.3 Å². The lowest BCUT2D eigenvalue weighted by Gasteiger charge is -2.24. The molecular weight excluding hydrogens is 441 g/mol. The molecule has 32 heavy (non-hydrogen) atoms. The first-order chi connectivity index (χ1) is 15.2. The number of halogens is 3. The number of rotatable bonds is 4. The van der Waals surface area contributed by atoms with E-state index in [0.717, 1.165) is 23.3 Å². The van der Waals surface area contributed by atoms with Gasteiger partial charge in [-0.1, -0.05) is 47.2 Å². The molecule has 1 saturated heterocycles. The number of carbonyl (C=O) groups is 2. The maximum absolute atomic E-state index is 13.0. The summed E-state index contributed by atoms with van der Waals surface area (Å²) in [5, 5.41) is 11.7. The molecular formula is C22H19F3N4O2S. The molecule has 1 atom stereocenters. The first-order valence-electron chi connectivity index (χ1n) is 9.92. The Morgan fingerprint density at radius 1 is 1.12 bits per heavy atom. The van der Waals surface area contributed by atoms with Crippen molar-refractivity contribution >= 4 is 28.3 Å². The van der Waals surface area contributed by atoms with Crippen molar-refractivity contribution in [3.05, 3.63) is 65.2 Å². The predicted octanol–water partition coefficient (Wildman–Crippen LogP) is 4.78. The molecule has 1 unspecified atom stereocenters. The molecule has 4 rings (SSSR count). The molecule has 0 bridgehead atoms. The van der Waals surface area contributed by atoms with Crippen molar-refractivity contribution in [2.45, 2.75) is 32.0 Å². The molecule has 0 radical (unpaired) electrons. The van der Waals surface area contributed by atoms with Crippen molar-refractivity contribution in [3.63, 3.8) is 0 Å². The maximum atomic E-state index is 13.0. The van der Waals surface area contributed by atoms with Crippen molar-refractivity contribution in [3.8, 4) is 10.6 Å². The minimum absolute atomic E-state index is 0.0999. The van der Waals surface area contributed by atoms with Crippen molar-refractivity contribution in [1.29, 1.82) is 0 Å². The number of hydrogen-bond donors (Lipinski definition) is 1. The van der Waals surface area contributed by atoms with Crippen LogP contribution in [-0.2, 0) is 11.0 Å². The van der Waals surface area contributed by atoms with Gasteiger partial charge in [-0.05, 0) is 38.0 Å². The van der Waals surface area contributed by atoms with Gasteiger partial charge in [-0.15, -0.1) is 10.2 Å². The quantitative estimate of drug-likeness (QED) is 0.608. The van der Waals surface area contributed by atoms with E-state index in [1.165, 1.54) is 28.4 Å². The molecule has 2 aromatic carbocycles. The van der Waals surface area contributed by atoms with E-state index in [2.05, 4.69) is 15.5 Å². The fourth-order valence-corrected chi connectivity index (χ4v) is 4.30. The lowest BCUT2D eigenvalue weighted by Crippen LogP contribution is -2.43. The predicted molar refractivity (Wildman–Crippen MR) is 114 cm³/mol. The van der Waals surface area contributed by atoms with E-state index in [1.807, 2.05) is 31.2 Å². The van der Waals surface area contributed by atoms with Crippen LogP contribution in [0.3, 0.4) is 0 Å². The number of nitrogens with zero attached hydrogens (tertiary/aromatic N) is 3. The highest BCUT2D eigenvalue weighted by Crippen LogP contribution is 2.31. The molecule has 2 amide bonds. The molecule has 2 heterocycles. The van der Waals surface area contributed by atoms with Gasteiger partial charge in [0.05, 0.1) is 5.56 Å². The molecule has 0 aliphatic carbocycles. The van der Waals surface area contributed by atoms with E-state index in [-0.39, 0.29) is 12.1 Å².